The van der Waals surface area contributed by atoms with Crippen molar-refractivity contribution in [3.8, 4) is 5.75 Å². The van der Waals surface area contributed by atoms with Crippen LogP contribution in [0.15, 0.2) is 23.2 Å². The summed E-state index contributed by atoms with van der Waals surface area (Å²) in [6, 6.07) is 6.38. The minimum atomic E-state index is 0. The maximum atomic E-state index is 6.12. The number of likely N-dealkylation sites (N-methyl/N-ethyl adjacent to an activating group) is 1. The predicted molar refractivity (Wildman–Crippen MR) is 142 cm³/mol. The summed E-state index contributed by atoms with van der Waals surface area (Å²) in [5.41, 5.74) is 2.34. The highest BCUT2D eigenvalue weighted by atomic mass is 127. The summed E-state index contributed by atoms with van der Waals surface area (Å²) in [4.78, 5) is 9.36. The van der Waals surface area contributed by atoms with Crippen LogP contribution in [0.25, 0.3) is 0 Å². The number of aliphatic imine (C=N–C) groups is 1. The molecule has 32 heavy (non-hydrogen) atoms. The van der Waals surface area contributed by atoms with Crippen LogP contribution in [0.2, 0.25) is 0 Å². The third kappa shape index (κ3) is 9.03. The fraction of sp³-hybridized carbons (Fsp3) is 0.708. The quantitative estimate of drug-likeness (QED) is 0.276. The largest absolute Gasteiger partial charge is 0.491 e. The summed E-state index contributed by atoms with van der Waals surface area (Å²) in [6.07, 6.45) is 2.44. The molecule has 1 aromatic rings. The van der Waals surface area contributed by atoms with Crippen molar-refractivity contribution in [2.75, 3.05) is 66.6 Å². The topological polar surface area (TPSA) is 61.4 Å². The highest BCUT2D eigenvalue weighted by Gasteiger charge is 2.18. The van der Waals surface area contributed by atoms with Gasteiger partial charge in [0.05, 0.1) is 6.10 Å². The van der Waals surface area contributed by atoms with E-state index in [-0.39, 0.29) is 30.1 Å². The minimum absolute atomic E-state index is 0. The molecular formula is C24H42IN5O2. The molecule has 2 atom stereocenters. The number of hydrogen-bond donors (Lipinski definition) is 2. The third-order valence-corrected chi connectivity index (χ3v) is 6.13. The molecule has 0 bridgehead atoms. The minimum Gasteiger partial charge on any atom is -0.491 e. The van der Waals surface area contributed by atoms with Crippen LogP contribution < -0.4 is 15.4 Å². The van der Waals surface area contributed by atoms with Gasteiger partial charge >= 0.3 is 0 Å². The maximum absolute atomic E-state index is 6.12. The lowest BCUT2D eigenvalue weighted by Crippen LogP contribution is -2.47. The molecule has 182 valence electrons. The number of halogens is 1. The van der Waals surface area contributed by atoms with Crippen molar-refractivity contribution in [3.63, 3.8) is 0 Å². The lowest BCUT2D eigenvalue weighted by molar-refractivity contribution is 0.0676. The molecule has 0 aliphatic carbocycles. The van der Waals surface area contributed by atoms with Crippen molar-refractivity contribution in [2.45, 2.75) is 39.3 Å². The Hall–Kier alpha value is -1.10. The number of ether oxygens (including phenoxy) is 2. The normalized spacial score (nSPS) is 21.1. The molecule has 2 aliphatic rings. The molecule has 8 heteroatoms. The summed E-state index contributed by atoms with van der Waals surface area (Å²) in [7, 11) is 4.02. The van der Waals surface area contributed by atoms with Gasteiger partial charge in [-0.25, -0.2) is 0 Å². The Morgan fingerprint density at radius 1 is 1.25 bits per heavy atom. The first kappa shape index (κ1) is 27.1. The number of nitrogens with one attached hydrogen (secondary N) is 2. The van der Waals surface area contributed by atoms with E-state index < -0.39 is 0 Å². The molecule has 0 aromatic heterocycles. The summed E-state index contributed by atoms with van der Waals surface area (Å²) in [6.45, 7) is 13.2. The lowest BCUT2D eigenvalue weighted by Gasteiger charge is -2.34. The molecular weight excluding hydrogens is 517 g/mol. The smallest absolute Gasteiger partial charge is 0.191 e. The fourth-order valence-electron chi connectivity index (χ4n) is 4.11. The Bertz CT molecular complexity index is 704. The van der Waals surface area contributed by atoms with Gasteiger partial charge in [-0.15, -0.1) is 24.0 Å². The molecule has 2 fully saturated rings. The van der Waals surface area contributed by atoms with Gasteiger partial charge < -0.3 is 29.9 Å². The van der Waals surface area contributed by atoms with Crippen molar-refractivity contribution >= 4 is 29.9 Å². The first-order valence-electron chi connectivity index (χ1n) is 11.7. The van der Waals surface area contributed by atoms with Crippen LogP contribution in [-0.2, 0) is 11.3 Å². The zero-order valence-corrected chi connectivity index (χ0v) is 22.6. The average Bonchev–Trinajstić information content (AvgIpc) is 3.28. The highest BCUT2D eigenvalue weighted by Crippen LogP contribution is 2.22. The molecule has 2 aliphatic heterocycles. The van der Waals surface area contributed by atoms with Crippen LogP contribution in [-0.4, -0.2) is 88.4 Å². The van der Waals surface area contributed by atoms with Crippen molar-refractivity contribution in [1.82, 2.24) is 20.4 Å². The van der Waals surface area contributed by atoms with Gasteiger partial charge in [-0.2, -0.15) is 0 Å². The average molecular weight is 560 g/mol. The molecule has 2 saturated heterocycles. The maximum Gasteiger partial charge on any atom is 0.191 e. The summed E-state index contributed by atoms with van der Waals surface area (Å²) in [5.74, 6) is 2.32. The predicted octanol–water partition coefficient (Wildman–Crippen LogP) is 2.72. The van der Waals surface area contributed by atoms with Gasteiger partial charge in [0.15, 0.2) is 5.96 Å². The molecule has 0 amide bonds. The van der Waals surface area contributed by atoms with E-state index in [0.29, 0.717) is 19.1 Å². The third-order valence-electron chi connectivity index (χ3n) is 6.13. The number of aryl methyl sites for hydroxylation is 1. The molecule has 7 nitrogen and oxygen atoms in total. The summed E-state index contributed by atoms with van der Waals surface area (Å²) < 4.78 is 11.8. The second-order valence-electron chi connectivity index (χ2n) is 9.07. The van der Waals surface area contributed by atoms with E-state index in [0.717, 1.165) is 76.0 Å². The van der Waals surface area contributed by atoms with Crippen LogP contribution >= 0.6 is 24.0 Å². The Morgan fingerprint density at radius 2 is 2.03 bits per heavy atom. The number of nitrogens with zero attached hydrogens (tertiary/aromatic N) is 3. The Balaban J connectivity index is 0.00000363. The second-order valence-corrected chi connectivity index (χ2v) is 9.07. The number of guanidine groups is 1. The van der Waals surface area contributed by atoms with Crippen LogP contribution in [0, 0.1) is 12.8 Å². The Morgan fingerprint density at radius 3 is 2.72 bits per heavy atom. The van der Waals surface area contributed by atoms with Gasteiger partial charge in [0.25, 0.3) is 0 Å². The van der Waals surface area contributed by atoms with Gasteiger partial charge in [0.2, 0.25) is 0 Å². The van der Waals surface area contributed by atoms with Crippen molar-refractivity contribution in [3.05, 3.63) is 29.3 Å². The van der Waals surface area contributed by atoms with Crippen molar-refractivity contribution in [2.24, 2.45) is 10.9 Å². The number of rotatable bonds is 9. The summed E-state index contributed by atoms with van der Waals surface area (Å²) in [5, 5.41) is 6.93. The van der Waals surface area contributed by atoms with Crippen molar-refractivity contribution in [1.29, 1.82) is 0 Å². The molecule has 0 spiro atoms. The van der Waals surface area contributed by atoms with Gasteiger partial charge in [0.1, 0.15) is 12.4 Å². The zero-order chi connectivity index (χ0) is 22.1. The Kier molecular flexibility index (Phi) is 12.1. The molecule has 0 saturated carbocycles. The number of hydrogen-bond acceptors (Lipinski definition) is 5. The lowest BCUT2D eigenvalue weighted by atomic mass is 10.1. The number of benzene rings is 1. The SMILES string of the molecule is CN=C(NCc1ccc(C)cc1OCC1CCCO1)NCC(C)CN1CCN(C)CC1.I. The first-order chi connectivity index (χ1) is 15.0. The molecule has 1 aromatic carbocycles. The zero-order valence-electron chi connectivity index (χ0n) is 20.2. The second kappa shape index (κ2) is 14.2. The molecule has 0 radical (unpaired) electrons. The van der Waals surface area contributed by atoms with Gasteiger partial charge in [0, 0.05) is 65.0 Å². The first-order valence-corrected chi connectivity index (χ1v) is 11.7. The van der Waals surface area contributed by atoms with E-state index in [4.69, 9.17) is 9.47 Å². The van der Waals surface area contributed by atoms with E-state index in [1.165, 1.54) is 5.56 Å². The van der Waals surface area contributed by atoms with E-state index in [2.05, 4.69) is 64.5 Å². The van der Waals surface area contributed by atoms with Gasteiger partial charge in [-0.05, 0) is 44.4 Å². The van der Waals surface area contributed by atoms with E-state index in [1.54, 1.807) is 0 Å². The van der Waals surface area contributed by atoms with Crippen LogP contribution in [0.5, 0.6) is 5.75 Å². The Labute approximate surface area is 211 Å². The molecule has 2 unspecified atom stereocenters. The van der Waals surface area contributed by atoms with Crippen molar-refractivity contribution < 1.29 is 9.47 Å². The van der Waals surface area contributed by atoms with Crippen LogP contribution in [0.3, 0.4) is 0 Å². The highest BCUT2D eigenvalue weighted by molar-refractivity contribution is 14.0. The molecule has 2 N–H and O–H groups in total. The standard InChI is InChI=1S/C24H41N5O2.HI/c1-19-7-8-21(23(14-19)31-18-22-6-5-13-30-22)16-27-24(25-3)26-15-20(2)17-29-11-9-28(4)10-12-29;/h7-8,14,20,22H,5-6,9-13,15-18H2,1-4H3,(H2,25,26,27);1H. The van der Waals surface area contributed by atoms with Gasteiger partial charge in [-0.1, -0.05) is 19.1 Å². The van der Waals surface area contributed by atoms with E-state index >= 15 is 0 Å². The monoisotopic (exact) mass is 559 g/mol. The van der Waals surface area contributed by atoms with Crippen LogP contribution in [0.4, 0.5) is 0 Å². The summed E-state index contributed by atoms with van der Waals surface area (Å²) >= 11 is 0. The molecule has 2 heterocycles. The van der Waals surface area contributed by atoms with E-state index in [1.807, 2.05) is 7.05 Å². The van der Waals surface area contributed by atoms with E-state index in [9.17, 15) is 0 Å². The molecule has 3 rings (SSSR count). The fourth-order valence-corrected chi connectivity index (χ4v) is 4.11. The van der Waals surface area contributed by atoms with Crippen LogP contribution in [0.1, 0.15) is 30.9 Å². The van der Waals surface area contributed by atoms with Gasteiger partial charge in [-0.3, -0.25) is 4.99 Å². The number of piperazine rings is 1.